The van der Waals surface area contributed by atoms with Crippen LogP contribution in [0, 0.1) is 13.8 Å². The van der Waals surface area contributed by atoms with Gasteiger partial charge in [0, 0.05) is 16.3 Å². The molecule has 0 heterocycles. The molecule has 0 bridgehead atoms. The van der Waals surface area contributed by atoms with Gasteiger partial charge in [-0.05, 0) is 67.4 Å². The predicted octanol–water partition coefficient (Wildman–Crippen LogP) is 6.79. The van der Waals surface area contributed by atoms with Gasteiger partial charge in [-0.1, -0.05) is 66.2 Å². The van der Waals surface area contributed by atoms with Crippen LogP contribution in [-0.4, -0.2) is 18.4 Å². The molecule has 36 heavy (non-hydrogen) atoms. The van der Waals surface area contributed by atoms with Crippen molar-refractivity contribution in [2.75, 3.05) is 17.2 Å². The predicted molar refractivity (Wildman–Crippen MR) is 147 cm³/mol. The Hall–Kier alpha value is -4.03. The van der Waals surface area contributed by atoms with Crippen LogP contribution in [-0.2, 0) is 9.59 Å². The highest BCUT2D eigenvalue weighted by atomic mass is 32.2. The monoisotopic (exact) mass is 496 g/mol. The largest absolute Gasteiger partial charge is 0.484 e. The van der Waals surface area contributed by atoms with Gasteiger partial charge in [0.05, 0.1) is 0 Å². The van der Waals surface area contributed by atoms with Crippen LogP contribution in [0.15, 0.2) is 108 Å². The van der Waals surface area contributed by atoms with Crippen molar-refractivity contribution in [1.82, 2.24) is 0 Å². The van der Waals surface area contributed by atoms with Gasteiger partial charge in [0.1, 0.15) is 11.0 Å². The molecule has 4 aromatic rings. The molecule has 0 aromatic heterocycles. The maximum Gasteiger partial charge on any atom is 0.262 e. The highest BCUT2D eigenvalue weighted by Gasteiger charge is 2.22. The quantitative estimate of drug-likeness (QED) is 0.250. The van der Waals surface area contributed by atoms with Gasteiger partial charge in [0.2, 0.25) is 5.91 Å². The van der Waals surface area contributed by atoms with Gasteiger partial charge in [-0.15, -0.1) is 11.8 Å². The number of carbonyl (C=O) groups is 2. The van der Waals surface area contributed by atoms with Crippen LogP contribution in [0.2, 0.25) is 0 Å². The molecule has 2 N–H and O–H groups in total. The smallest absolute Gasteiger partial charge is 0.262 e. The summed E-state index contributed by atoms with van der Waals surface area (Å²) in [6, 6.07) is 32.4. The van der Waals surface area contributed by atoms with Gasteiger partial charge in [-0.2, -0.15) is 0 Å². The van der Waals surface area contributed by atoms with Gasteiger partial charge >= 0.3 is 0 Å². The van der Waals surface area contributed by atoms with Gasteiger partial charge in [0.25, 0.3) is 5.91 Å². The molecule has 0 fully saturated rings. The molecule has 1 unspecified atom stereocenters. The number of hydrogen-bond acceptors (Lipinski definition) is 4. The maximum atomic E-state index is 13.4. The molecule has 0 saturated heterocycles. The highest BCUT2D eigenvalue weighted by molar-refractivity contribution is 8.00. The lowest BCUT2D eigenvalue weighted by atomic mass is 10.1. The second-order valence-corrected chi connectivity index (χ2v) is 9.57. The van der Waals surface area contributed by atoms with Crippen LogP contribution in [0.1, 0.15) is 21.9 Å². The lowest BCUT2D eigenvalue weighted by Crippen LogP contribution is -2.20. The summed E-state index contributed by atoms with van der Waals surface area (Å²) in [6.45, 7) is 3.95. The van der Waals surface area contributed by atoms with Gasteiger partial charge < -0.3 is 15.4 Å². The minimum absolute atomic E-state index is 0.0742. The van der Waals surface area contributed by atoms with E-state index in [2.05, 4.69) is 16.7 Å². The molecule has 6 heteroatoms. The van der Waals surface area contributed by atoms with Gasteiger partial charge in [-0.3, -0.25) is 9.59 Å². The van der Waals surface area contributed by atoms with E-state index in [1.807, 2.05) is 98.8 Å². The number of amides is 2. The van der Waals surface area contributed by atoms with Crippen LogP contribution in [0.5, 0.6) is 5.75 Å². The van der Waals surface area contributed by atoms with Gasteiger partial charge in [0.15, 0.2) is 6.61 Å². The van der Waals surface area contributed by atoms with Crippen LogP contribution in [0.3, 0.4) is 0 Å². The van der Waals surface area contributed by atoms with Crippen molar-refractivity contribution in [2.45, 2.75) is 24.0 Å². The number of benzene rings is 4. The van der Waals surface area contributed by atoms with E-state index in [4.69, 9.17) is 4.74 Å². The van der Waals surface area contributed by atoms with Crippen LogP contribution < -0.4 is 15.4 Å². The van der Waals surface area contributed by atoms with Crippen LogP contribution >= 0.6 is 11.8 Å². The molecule has 182 valence electrons. The zero-order chi connectivity index (χ0) is 25.3. The van der Waals surface area contributed by atoms with E-state index in [0.29, 0.717) is 11.4 Å². The van der Waals surface area contributed by atoms with E-state index >= 15 is 0 Å². The average Bonchev–Trinajstić information content (AvgIpc) is 2.89. The molecule has 0 spiro atoms. The summed E-state index contributed by atoms with van der Waals surface area (Å²) in [5.41, 5.74) is 4.56. The Morgan fingerprint density at radius 3 is 2.14 bits per heavy atom. The topological polar surface area (TPSA) is 67.4 Å². The third-order valence-electron chi connectivity index (χ3n) is 5.49. The van der Waals surface area contributed by atoms with Crippen LogP contribution in [0.25, 0.3) is 0 Å². The Balaban J connectivity index is 1.42. The fraction of sp³-hybridized carbons (Fsp3) is 0.133. The Morgan fingerprint density at radius 1 is 0.806 bits per heavy atom. The summed E-state index contributed by atoms with van der Waals surface area (Å²) in [5, 5.41) is 5.49. The zero-order valence-corrected chi connectivity index (χ0v) is 21.0. The molecule has 4 aromatic carbocycles. The van der Waals surface area contributed by atoms with E-state index in [0.717, 1.165) is 27.3 Å². The van der Waals surface area contributed by atoms with Crippen molar-refractivity contribution < 1.29 is 14.3 Å². The summed E-state index contributed by atoms with van der Waals surface area (Å²) in [4.78, 5) is 26.5. The van der Waals surface area contributed by atoms with Crippen molar-refractivity contribution in [3.05, 3.63) is 120 Å². The summed E-state index contributed by atoms with van der Waals surface area (Å²) in [5.74, 6) is 0.313. The number of ether oxygens (including phenoxy) is 1. The molecule has 0 aliphatic carbocycles. The number of para-hydroxylation sites is 1. The number of nitrogens with one attached hydrogen (secondary N) is 2. The van der Waals surface area contributed by atoms with E-state index in [-0.39, 0.29) is 18.4 Å². The summed E-state index contributed by atoms with van der Waals surface area (Å²) < 4.78 is 5.49. The third kappa shape index (κ3) is 6.99. The molecule has 4 rings (SSSR count). The SMILES string of the molecule is Cc1ccc(NC(=O)C(Sc2ccc(NC(=O)COc3ccccc3)cc2)c2ccccc2)c(C)c1. The Morgan fingerprint density at radius 2 is 1.47 bits per heavy atom. The fourth-order valence-corrected chi connectivity index (χ4v) is 4.69. The second kappa shape index (κ2) is 12.1. The Labute approximate surface area is 215 Å². The number of aryl methyl sites for hydroxylation is 2. The second-order valence-electron chi connectivity index (χ2n) is 8.39. The van der Waals surface area contributed by atoms with Crippen LogP contribution in [0.4, 0.5) is 11.4 Å². The molecule has 5 nitrogen and oxygen atoms in total. The number of hydrogen-bond donors (Lipinski definition) is 2. The summed E-state index contributed by atoms with van der Waals surface area (Å²) in [7, 11) is 0. The number of carbonyl (C=O) groups excluding carboxylic acids is 2. The Kier molecular flexibility index (Phi) is 8.42. The van der Waals surface area contributed by atoms with Crippen molar-refractivity contribution >= 4 is 35.0 Å². The van der Waals surface area contributed by atoms with E-state index in [1.54, 1.807) is 12.1 Å². The number of thioether (sulfide) groups is 1. The van der Waals surface area contributed by atoms with Gasteiger partial charge in [-0.25, -0.2) is 0 Å². The molecule has 1 atom stereocenters. The first kappa shape index (κ1) is 25.1. The molecule has 0 aliphatic heterocycles. The minimum Gasteiger partial charge on any atom is -0.484 e. The molecule has 0 saturated carbocycles. The standard InChI is InChI=1S/C30H28N2O3S/c1-21-13-18-27(22(2)19-21)32-30(34)29(23-9-5-3-6-10-23)36-26-16-14-24(15-17-26)31-28(33)20-35-25-11-7-4-8-12-25/h3-19,29H,20H2,1-2H3,(H,31,33)(H,32,34). The molecule has 0 aliphatic rings. The first-order chi connectivity index (χ1) is 17.5. The van der Waals surface area contributed by atoms with E-state index in [1.165, 1.54) is 11.8 Å². The molecule has 0 radical (unpaired) electrons. The summed E-state index contributed by atoms with van der Waals surface area (Å²) in [6.07, 6.45) is 0. The highest BCUT2D eigenvalue weighted by Crippen LogP contribution is 2.37. The molecular formula is C30H28N2O3S. The van der Waals surface area contributed by atoms with E-state index in [9.17, 15) is 9.59 Å². The lowest BCUT2D eigenvalue weighted by molar-refractivity contribution is -0.118. The molecular weight excluding hydrogens is 468 g/mol. The molecule has 2 amide bonds. The van der Waals surface area contributed by atoms with Crippen molar-refractivity contribution in [3.63, 3.8) is 0 Å². The van der Waals surface area contributed by atoms with Crippen molar-refractivity contribution in [1.29, 1.82) is 0 Å². The van der Waals surface area contributed by atoms with Crippen molar-refractivity contribution in [3.8, 4) is 5.75 Å². The number of rotatable bonds is 9. The normalized spacial score (nSPS) is 11.4. The number of anilines is 2. The first-order valence-electron chi connectivity index (χ1n) is 11.7. The Bertz CT molecular complexity index is 1310. The van der Waals surface area contributed by atoms with E-state index < -0.39 is 5.25 Å². The lowest BCUT2D eigenvalue weighted by Gasteiger charge is -2.18. The fourth-order valence-electron chi connectivity index (χ4n) is 3.67. The minimum atomic E-state index is -0.438. The third-order valence-corrected chi connectivity index (χ3v) is 6.75. The zero-order valence-electron chi connectivity index (χ0n) is 20.2. The first-order valence-corrected chi connectivity index (χ1v) is 12.5. The summed E-state index contributed by atoms with van der Waals surface area (Å²) >= 11 is 1.46. The average molecular weight is 497 g/mol. The van der Waals surface area contributed by atoms with Crippen molar-refractivity contribution in [2.24, 2.45) is 0 Å². The maximum absolute atomic E-state index is 13.4.